The molecule has 0 saturated carbocycles. The fourth-order valence-electron chi connectivity index (χ4n) is 2.40. The Bertz CT molecular complexity index is 908. The standard InChI is InChI=1S/C20H22N4OS2/c1-13-7-9-16(10-8-13)12-21-18(25)15(3)26-20-24-23-19(27-20)22-17-6-4-5-14(2)11-17/h4-11,15H,12H2,1-3H3,(H,21,25)(H,22,23)/t15-/m1/s1. The monoisotopic (exact) mass is 398 g/mol. The molecule has 0 fully saturated rings. The molecule has 1 amide bonds. The highest BCUT2D eigenvalue weighted by atomic mass is 32.2. The Labute approximate surface area is 167 Å². The summed E-state index contributed by atoms with van der Waals surface area (Å²) in [5.74, 6) is -0.0102. The molecule has 7 heteroatoms. The second kappa shape index (κ2) is 9.01. The highest BCUT2D eigenvalue weighted by Crippen LogP contribution is 2.30. The van der Waals surface area contributed by atoms with E-state index in [0.717, 1.165) is 20.7 Å². The highest BCUT2D eigenvalue weighted by Gasteiger charge is 2.17. The van der Waals surface area contributed by atoms with Crippen molar-refractivity contribution in [2.24, 2.45) is 0 Å². The van der Waals surface area contributed by atoms with Gasteiger partial charge in [-0.25, -0.2) is 0 Å². The van der Waals surface area contributed by atoms with Crippen molar-refractivity contribution >= 4 is 39.8 Å². The third kappa shape index (κ3) is 5.80. The second-order valence-corrected chi connectivity index (χ2v) is 8.90. The van der Waals surface area contributed by atoms with E-state index in [1.807, 2.05) is 63.2 Å². The van der Waals surface area contributed by atoms with Gasteiger partial charge in [0.2, 0.25) is 11.0 Å². The number of benzene rings is 2. The first-order valence-corrected chi connectivity index (χ1v) is 10.4. The van der Waals surface area contributed by atoms with Crippen LogP contribution in [-0.2, 0) is 11.3 Å². The van der Waals surface area contributed by atoms with Gasteiger partial charge < -0.3 is 10.6 Å². The first kappa shape index (κ1) is 19.4. The Morgan fingerprint density at radius 2 is 1.89 bits per heavy atom. The first-order valence-electron chi connectivity index (χ1n) is 8.67. The van der Waals surface area contributed by atoms with E-state index in [9.17, 15) is 4.79 Å². The van der Waals surface area contributed by atoms with Crippen LogP contribution in [0.2, 0.25) is 0 Å². The Hall–Kier alpha value is -2.38. The maximum atomic E-state index is 12.3. The van der Waals surface area contributed by atoms with Crippen molar-refractivity contribution in [1.29, 1.82) is 0 Å². The normalized spacial score (nSPS) is 11.8. The molecule has 0 aliphatic carbocycles. The minimum atomic E-state index is -0.241. The fraction of sp³-hybridized carbons (Fsp3) is 0.250. The summed E-state index contributed by atoms with van der Waals surface area (Å²) in [6.07, 6.45) is 0. The van der Waals surface area contributed by atoms with Crippen molar-refractivity contribution in [2.75, 3.05) is 5.32 Å². The first-order chi connectivity index (χ1) is 13.0. The Balaban J connectivity index is 1.51. The zero-order valence-electron chi connectivity index (χ0n) is 15.5. The van der Waals surface area contributed by atoms with Crippen LogP contribution in [0.5, 0.6) is 0 Å². The van der Waals surface area contributed by atoms with E-state index in [1.54, 1.807) is 0 Å². The van der Waals surface area contributed by atoms with Gasteiger partial charge >= 0.3 is 0 Å². The van der Waals surface area contributed by atoms with Crippen LogP contribution in [0.1, 0.15) is 23.6 Å². The van der Waals surface area contributed by atoms with Gasteiger partial charge in [0, 0.05) is 12.2 Å². The lowest BCUT2D eigenvalue weighted by atomic mass is 10.1. The van der Waals surface area contributed by atoms with Gasteiger partial charge in [0.15, 0.2) is 4.34 Å². The minimum absolute atomic E-state index is 0.0102. The lowest BCUT2D eigenvalue weighted by Crippen LogP contribution is -2.30. The molecule has 1 heterocycles. The number of aromatic nitrogens is 2. The number of carbonyl (C=O) groups excluding carboxylic acids is 1. The number of carbonyl (C=O) groups is 1. The number of amides is 1. The molecule has 140 valence electrons. The molecule has 5 nitrogen and oxygen atoms in total. The van der Waals surface area contributed by atoms with Gasteiger partial charge in [-0.1, -0.05) is 65.1 Å². The number of aryl methyl sites for hydroxylation is 2. The molecule has 2 aromatic carbocycles. The predicted octanol–water partition coefficient (Wildman–Crippen LogP) is 4.70. The molecule has 2 N–H and O–H groups in total. The summed E-state index contributed by atoms with van der Waals surface area (Å²) in [5.41, 5.74) is 4.46. The molecule has 3 aromatic rings. The quantitative estimate of drug-likeness (QED) is 0.565. The molecule has 27 heavy (non-hydrogen) atoms. The summed E-state index contributed by atoms with van der Waals surface area (Å²) >= 11 is 2.86. The van der Waals surface area contributed by atoms with Crippen LogP contribution in [0.25, 0.3) is 0 Å². The SMILES string of the molecule is Cc1ccc(CNC(=O)[C@@H](C)Sc2nnc(Nc3cccc(C)c3)s2)cc1. The number of anilines is 2. The second-order valence-electron chi connectivity index (χ2n) is 6.33. The van der Waals surface area contributed by atoms with Crippen molar-refractivity contribution in [2.45, 2.75) is 36.9 Å². The van der Waals surface area contributed by atoms with E-state index in [-0.39, 0.29) is 11.2 Å². The maximum absolute atomic E-state index is 12.3. The molecule has 3 rings (SSSR count). The lowest BCUT2D eigenvalue weighted by molar-refractivity contribution is -0.120. The van der Waals surface area contributed by atoms with Gasteiger partial charge in [-0.05, 0) is 44.0 Å². The third-order valence-corrected chi connectivity index (χ3v) is 5.93. The highest BCUT2D eigenvalue weighted by molar-refractivity contribution is 8.02. The summed E-state index contributed by atoms with van der Waals surface area (Å²) in [5, 5.41) is 15.0. The van der Waals surface area contributed by atoms with Crippen LogP contribution in [0.15, 0.2) is 52.9 Å². The predicted molar refractivity (Wildman–Crippen MR) is 113 cm³/mol. The number of nitrogens with zero attached hydrogens (tertiary/aromatic N) is 2. The number of thioether (sulfide) groups is 1. The molecule has 0 saturated heterocycles. The van der Waals surface area contributed by atoms with Crippen LogP contribution in [0.3, 0.4) is 0 Å². The van der Waals surface area contributed by atoms with E-state index in [4.69, 9.17) is 0 Å². The largest absolute Gasteiger partial charge is 0.351 e. The minimum Gasteiger partial charge on any atom is -0.351 e. The Kier molecular flexibility index (Phi) is 6.47. The molecule has 0 aliphatic rings. The number of rotatable bonds is 7. The topological polar surface area (TPSA) is 66.9 Å². The fourth-order valence-corrected chi connectivity index (χ4v) is 4.34. The van der Waals surface area contributed by atoms with Gasteiger partial charge in [-0.2, -0.15) is 0 Å². The summed E-state index contributed by atoms with van der Waals surface area (Å²) in [4.78, 5) is 12.3. The van der Waals surface area contributed by atoms with Gasteiger partial charge in [0.25, 0.3) is 0 Å². The van der Waals surface area contributed by atoms with Crippen LogP contribution in [-0.4, -0.2) is 21.4 Å². The summed E-state index contributed by atoms with van der Waals surface area (Å²) in [6.45, 7) is 6.50. The van der Waals surface area contributed by atoms with Crippen molar-refractivity contribution in [3.05, 3.63) is 65.2 Å². The van der Waals surface area contributed by atoms with Crippen LogP contribution in [0.4, 0.5) is 10.8 Å². The van der Waals surface area contributed by atoms with Gasteiger partial charge in [0.1, 0.15) is 0 Å². The number of hydrogen-bond donors (Lipinski definition) is 2. The molecule has 1 aromatic heterocycles. The summed E-state index contributed by atoms with van der Waals surface area (Å²) < 4.78 is 0.767. The van der Waals surface area contributed by atoms with Gasteiger partial charge in [0.05, 0.1) is 5.25 Å². The van der Waals surface area contributed by atoms with E-state index in [2.05, 4.69) is 26.9 Å². The van der Waals surface area contributed by atoms with Crippen molar-refractivity contribution in [3.63, 3.8) is 0 Å². The van der Waals surface area contributed by atoms with E-state index >= 15 is 0 Å². The van der Waals surface area contributed by atoms with Gasteiger partial charge in [-0.3, -0.25) is 4.79 Å². The molecule has 0 bridgehead atoms. The summed E-state index contributed by atoms with van der Waals surface area (Å²) in [6, 6.07) is 16.2. The maximum Gasteiger partial charge on any atom is 0.233 e. The molecule has 0 spiro atoms. The molecule has 0 aliphatic heterocycles. The number of nitrogens with one attached hydrogen (secondary N) is 2. The van der Waals surface area contributed by atoms with Crippen molar-refractivity contribution in [1.82, 2.24) is 15.5 Å². The zero-order chi connectivity index (χ0) is 19.2. The third-order valence-electron chi connectivity index (χ3n) is 3.91. The zero-order valence-corrected chi connectivity index (χ0v) is 17.2. The Morgan fingerprint density at radius 3 is 2.63 bits per heavy atom. The molecular weight excluding hydrogens is 376 g/mol. The van der Waals surface area contributed by atoms with E-state index in [1.165, 1.54) is 34.2 Å². The molecule has 0 radical (unpaired) electrons. The molecular formula is C20H22N4OS2. The smallest absolute Gasteiger partial charge is 0.233 e. The lowest BCUT2D eigenvalue weighted by Gasteiger charge is -2.10. The molecule has 0 unspecified atom stereocenters. The van der Waals surface area contributed by atoms with Crippen molar-refractivity contribution < 1.29 is 4.79 Å². The molecule has 1 atom stereocenters. The van der Waals surface area contributed by atoms with E-state index < -0.39 is 0 Å². The average Bonchev–Trinajstić information content (AvgIpc) is 3.07. The van der Waals surface area contributed by atoms with E-state index in [0.29, 0.717) is 6.54 Å². The average molecular weight is 399 g/mol. The van der Waals surface area contributed by atoms with Crippen LogP contribution >= 0.6 is 23.1 Å². The van der Waals surface area contributed by atoms with Gasteiger partial charge in [-0.15, -0.1) is 10.2 Å². The van der Waals surface area contributed by atoms with Crippen LogP contribution in [0, 0.1) is 13.8 Å². The summed E-state index contributed by atoms with van der Waals surface area (Å²) in [7, 11) is 0. The Morgan fingerprint density at radius 1 is 1.11 bits per heavy atom. The van der Waals surface area contributed by atoms with Crippen molar-refractivity contribution in [3.8, 4) is 0 Å². The van der Waals surface area contributed by atoms with Crippen LogP contribution < -0.4 is 10.6 Å². The number of hydrogen-bond acceptors (Lipinski definition) is 6.